The van der Waals surface area contributed by atoms with Gasteiger partial charge in [0.05, 0.1) is 22.9 Å². The monoisotopic (exact) mass is 637 g/mol. The molecule has 0 unspecified atom stereocenters. The number of amides is 2. The van der Waals surface area contributed by atoms with Crippen molar-refractivity contribution in [2.75, 3.05) is 19.6 Å². The lowest BCUT2D eigenvalue weighted by molar-refractivity contribution is -0.148. The van der Waals surface area contributed by atoms with Crippen LogP contribution in [0.15, 0.2) is 59.5 Å². The van der Waals surface area contributed by atoms with E-state index in [1.807, 2.05) is 30.3 Å². The highest BCUT2D eigenvalue weighted by Gasteiger charge is 2.39. The van der Waals surface area contributed by atoms with Crippen LogP contribution < -0.4 is 4.72 Å². The SMILES string of the molecule is CC(C)(CC(=O)O)CC(=O)N1CCN(C(=O)C2CCC(NS(=O)(=O)c3ccc(C(F)(F)F)cc3)CC2)[C@@H](c2ccccc2)C1. The van der Waals surface area contributed by atoms with Crippen LogP contribution in [-0.4, -0.2) is 66.8 Å². The van der Waals surface area contributed by atoms with Crippen molar-refractivity contribution in [3.63, 3.8) is 0 Å². The summed E-state index contributed by atoms with van der Waals surface area (Å²) >= 11 is 0. The van der Waals surface area contributed by atoms with Gasteiger partial charge >= 0.3 is 12.1 Å². The van der Waals surface area contributed by atoms with E-state index in [1.165, 1.54) is 0 Å². The molecule has 44 heavy (non-hydrogen) atoms. The average Bonchev–Trinajstić information content (AvgIpc) is 2.96. The van der Waals surface area contributed by atoms with E-state index in [4.69, 9.17) is 0 Å². The number of benzene rings is 2. The zero-order valence-electron chi connectivity index (χ0n) is 24.7. The number of piperazine rings is 1. The molecule has 9 nitrogen and oxygen atoms in total. The van der Waals surface area contributed by atoms with Crippen molar-refractivity contribution in [2.24, 2.45) is 11.3 Å². The number of alkyl halides is 3. The second kappa shape index (κ2) is 13.3. The van der Waals surface area contributed by atoms with E-state index in [2.05, 4.69) is 4.72 Å². The maximum Gasteiger partial charge on any atom is 0.416 e. The fourth-order valence-corrected chi connectivity index (χ4v) is 7.34. The van der Waals surface area contributed by atoms with Gasteiger partial charge in [-0.3, -0.25) is 14.4 Å². The van der Waals surface area contributed by atoms with Gasteiger partial charge in [-0.25, -0.2) is 13.1 Å². The summed E-state index contributed by atoms with van der Waals surface area (Å²) in [5.41, 5.74) is -0.775. The fraction of sp³-hybridized carbons (Fsp3) is 0.516. The quantitative estimate of drug-likeness (QED) is 0.406. The van der Waals surface area contributed by atoms with E-state index < -0.39 is 39.2 Å². The summed E-state index contributed by atoms with van der Waals surface area (Å²) in [5, 5.41) is 9.20. The third kappa shape index (κ3) is 8.38. The molecule has 1 atom stereocenters. The van der Waals surface area contributed by atoms with Crippen molar-refractivity contribution in [2.45, 2.75) is 75.5 Å². The van der Waals surface area contributed by atoms with Crippen molar-refractivity contribution >= 4 is 27.8 Å². The number of carbonyl (C=O) groups is 3. The average molecular weight is 638 g/mol. The van der Waals surface area contributed by atoms with E-state index >= 15 is 0 Å². The van der Waals surface area contributed by atoms with Crippen LogP contribution in [0.3, 0.4) is 0 Å². The van der Waals surface area contributed by atoms with Gasteiger partial charge in [0.2, 0.25) is 21.8 Å². The summed E-state index contributed by atoms with van der Waals surface area (Å²) in [7, 11) is -4.04. The zero-order chi connectivity index (χ0) is 32.3. The molecule has 0 radical (unpaired) electrons. The standard InChI is InChI=1S/C31H38F3N3O6S/c1-30(2,19-28(39)40)18-27(38)36-16-17-37(26(20-36)21-6-4-3-5-7-21)29(41)22-8-12-24(13-9-22)35-44(42,43)25-14-10-23(11-15-25)31(32,33)34/h3-7,10-11,14-15,22,24,26,35H,8-9,12-13,16-20H2,1-2H3,(H,39,40)/t22?,24?,26-/m1/s1. The highest BCUT2D eigenvalue weighted by Crippen LogP contribution is 2.34. The Morgan fingerprint density at radius 1 is 0.909 bits per heavy atom. The number of halogens is 3. The molecule has 2 fully saturated rings. The summed E-state index contributed by atoms with van der Waals surface area (Å²) in [6.07, 6.45) is -2.98. The lowest BCUT2D eigenvalue weighted by atomic mass is 9.84. The van der Waals surface area contributed by atoms with Crippen molar-refractivity contribution in [3.05, 3.63) is 65.7 Å². The van der Waals surface area contributed by atoms with E-state index in [0.29, 0.717) is 38.8 Å². The summed E-state index contributed by atoms with van der Waals surface area (Å²) in [4.78, 5) is 41.5. The number of aliphatic carboxylic acids is 1. The van der Waals surface area contributed by atoms with E-state index in [9.17, 15) is 41.1 Å². The molecule has 0 bridgehead atoms. The number of rotatable bonds is 9. The number of sulfonamides is 1. The first-order valence-electron chi connectivity index (χ1n) is 14.6. The maximum absolute atomic E-state index is 13.8. The molecule has 1 saturated carbocycles. The summed E-state index contributed by atoms with van der Waals surface area (Å²) in [6, 6.07) is 11.9. The van der Waals surface area contributed by atoms with Crippen LogP contribution in [0.4, 0.5) is 13.2 Å². The highest BCUT2D eigenvalue weighted by molar-refractivity contribution is 7.89. The van der Waals surface area contributed by atoms with Gasteiger partial charge in [-0.2, -0.15) is 13.2 Å². The molecular weight excluding hydrogens is 599 g/mol. The second-order valence-corrected chi connectivity index (χ2v) is 14.1. The Morgan fingerprint density at radius 2 is 1.52 bits per heavy atom. The predicted molar refractivity (Wildman–Crippen MR) is 156 cm³/mol. The molecule has 0 aromatic heterocycles. The van der Waals surface area contributed by atoms with Gasteiger partial charge < -0.3 is 14.9 Å². The minimum atomic E-state index is -4.57. The Bertz CT molecular complexity index is 1440. The Balaban J connectivity index is 1.39. The summed E-state index contributed by atoms with van der Waals surface area (Å²) in [5.74, 6) is -1.54. The molecule has 2 amide bonds. The van der Waals surface area contributed by atoms with Gasteiger partial charge in [0.25, 0.3) is 0 Å². The number of carbonyl (C=O) groups excluding carboxylic acids is 2. The first-order valence-corrected chi connectivity index (χ1v) is 16.1. The van der Waals surface area contributed by atoms with Crippen molar-refractivity contribution in [1.29, 1.82) is 0 Å². The molecule has 2 N–H and O–H groups in total. The van der Waals surface area contributed by atoms with E-state index in [-0.39, 0.29) is 48.1 Å². The lowest BCUT2D eigenvalue weighted by Gasteiger charge is -2.44. The van der Waals surface area contributed by atoms with Crippen LogP contribution in [0.5, 0.6) is 0 Å². The number of hydrogen-bond donors (Lipinski definition) is 2. The molecular formula is C31H38F3N3O6S. The minimum Gasteiger partial charge on any atom is -0.481 e. The van der Waals surface area contributed by atoms with Crippen LogP contribution >= 0.6 is 0 Å². The smallest absolute Gasteiger partial charge is 0.416 e. The van der Waals surface area contributed by atoms with Crippen molar-refractivity contribution < 1.29 is 41.1 Å². The topological polar surface area (TPSA) is 124 Å². The Morgan fingerprint density at radius 3 is 2.09 bits per heavy atom. The van der Waals surface area contributed by atoms with Crippen molar-refractivity contribution in [1.82, 2.24) is 14.5 Å². The van der Waals surface area contributed by atoms with Crippen LogP contribution in [-0.2, 0) is 30.6 Å². The lowest BCUT2D eigenvalue weighted by Crippen LogP contribution is -2.54. The Kier molecular flexibility index (Phi) is 10.1. The van der Waals surface area contributed by atoms with Crippen LogP contribution in [0.1, 0.15) is 69.5 Å². The molecule has 1 heterocycles. The number of carboxylic acids is 1. The molecule has 2 aromatic rings. The number of hydrogen-bond acceptors (Lipinski definition) is 5. The largest absolute Gasteiger partial charge is 0.481 e. The van der Waals surface area contributed by atoms with Gasteiger partial charge in [0.1, 0.15) is 0 Å². The molecule has 1 aliphatic carbocycles. The molecule has 13 heteroatoms. The zero-order valence-corrected chi connectivity index (χ0v) is 25.5. The minimum absolute atomic E-state index is 0.0683. The number of nitrogens with zero attached hydrogens (tertiary/aromatic N) is 2. The Hall–Kier alpha value is -3.45. The first-order chi connectivity index (χ1) is 20.6. The number of nitrogens with one attached hydrogen (secondary N) is 1. The van der Waals surface area contributed by atoms with Gasteiger partial charge in [0.15, 0.2) is 0 Å². The van der Waals surface area contributed by atoms with Crippen LogP contribution in [0.25, 0.3) is 0 Å². The third-order valence-corrected chi connectivity index (χ3v) is 9.89. The van der Waals surface area contributed by atoms with Crippen LogP contribution in [0.2, 0.25) is 0 Å². The number of carboxylic acid groups (broad SMARTS) is 1. The Labute approximate surface area is 255 Å². The van der Waals surface area contributed by atoms with Gasteiger partial charge in [0, 0.05) is 38.0 Å². The predicted octanol–water partition coefficient (Wildman–Crippen LogP) is 4.85. The van der Waals surface area contributed by atoms with E-state index in [1.54, 1.807) is 23.6 Å². The third-order valence-electron chi connectivity index (χ3n) is 8.35. The van der Waals surface area contributed by atoms with Crippen molar-refractivity contribution in [3.8, 4) is 0 Å². The van der Waals surface area contributed by atoms with Crippen LogP contribution in [0, 0.1) is 11.3 Å². The van der Waals surface area contributed by atoms with Gasteiger partial charge in [-0.05, 0) is 60.9 Å². The summed E-state index contributed by atoms with van der Waals surface area (Å²) in [6.45, 7) is 4.39. The maximum atomic E-state index is 13.8. The molecule has 2 aliphatic rings. The molecule has 240 valence electrons. The highest BCUT2D eigenvalue weighted by atomic mass is 32.2. The molecule has 4 rings (SSSR count). The van der Waals surface area contributed by atoms with E-state index in [0.717, 1.165) is 29.8 Å². The fourth-order valence-electron chi connectivity index (χ4n) is 6.03. The van der Waals surface area contributed by atoms with Gasteiger partial charge in [-0.1, -0.05) is 44.2 Å². The second-order valence-electron chi connectivity index (χ2n) is 12.4. The molecule has 1 aliphatic heterocycles. The summed E-state index contributed by atoms with van der Waals surface area (Å²) < 4.78 is 66.8. The first kappa shape index (κ1) is 33.4. The normalized spacial score (nSPS) is 21.6. The molecule has 2 aromatic carbocycles. The molecule has 0 spiro atoms. The molecule has 1 saturated heterocycles. The van der Waals surface area contributed by atoms with Gasteiger partial charge in [-0.15, -0.1) is 0 Å².